The maximum Gasteiger partial charge on any atom is 0.258 e. The Labute approximate surface area is 197 Å². The van der Waals surface area contributed by atoms with E-state index in [-0.39, 0.29) is 30.0 Å². The van der Waals surface area contributed by atoms with Crippen LogP contribution >= 0.6 is 15.9 Å². The minimum absolute atomic E-state index is 0.145. The topological polar surface area (TPSA) is 84.5 Å². The van der Waals surface area contributed by atoms with Gasteiger partial charge in [0.05, 0.1) is 10.9 Å². The molecule has 32 heavy (non-hydrogen) atoms. The normalized spacial score (nSPS) is 12.2. The van der Waals surface area contributed by atoms with E-state index in [1.807, 2.05) is 61.5 Å². The number of amides is 1. The van der Waals surface area contributed by atoms with E-state index in [1.165, 1.54) is 12.1 Å². The zero-order valence-electron chi connectivity index (χ0n) is 17.8. The molecule has 2 N–H and O–H groups in total. The van der Waals surface area contributed by atoms with Crippen molar-refractivity contribution < 1.29 is 17.9 Å². The fourth-order valence-electron chi connectivity index (χ4n) is 3.07. The van der Waals surface area contributed by atoms with Crippen LogP contribution in [0.4, 0.5) is 0 Å². The highest BCUT2D eigenvalue weighted by atomic mass is 79.9. The smallest absolute Gasteiger partial charge is 0.258 e. The van der Waals surface area contributed by atoms with Crippen LogP contribution in [0.5, 0.6) is 5.75 Å². The standard InChI is InChI=1S/C24H25BrN2O4S/c1-17-14-22(32(29,30)26-15-19-6-4-3-5-7-19)12-13-23(17)31-16-24(28)27-18(2)20-8-10-21(25)11-9-20/h3-14,18,26H,15-16H2,1-2H3,(H,27,28). The van der Waals surface area contributed by atoms with Gasteiger partial charge in [-0.1, -0.05) is 58.4 Å². The molecule has 0 aromatic heterocycles. The van der Waals surface area contributed by atoms with E-state index in [0.717, 1.165) is 15.6 Å². The van der Waals surface area contributed by atoms with Crippen molar-refractivity contribution in [3.05, 3.63) is 94.0 Å². The molecule has 0 heterocycles. The summed E-state index contributed by atoms with van der Waals surface area (Å²) in [6.07, 6.45) is 0. The van der Waals surface area contributed by atoms with Gasteiger partial charge in [-0.15, -0.1) is 0 Å². The molecule has 1 amide bonds. The molecule has 3 rings (SSSR count). The van der Waals surface area contributed by atoms with E-state index in [4.69, 9.17) is 4.74 Å². The fraction of sp³-hybridized carbons (Fsp3) is 0.208. The van der Waals surface area contributed by atoms with Crippen LogP contribution in [0.15, 0.2) is 82.2 Å². The molecular formula is C24H25BrN2O4S. The van der Waals surface area contributed by atoms with Gasteiger partial charge in [0.2, 0.25) is 10.0 Å². The molecule has 0 spiro atoms. The summed E-state index contributed by atoms with van der Waals surface area (Å²) in [6.45, 7) is 3.68. The number of aryl methyl sites for hydroxylation is 1. The monoisotopic (exact) mass is 516 g/mol. The number of hydrogen-bond donors (Lipinski definition) is 2. The minimum atomic E-state index is -3.67. The first-order valence-electron chi connectivity index (χ1n) is 10.1. The van der Waals surface area contributed by atoms with Crippen molar-refractivity contribution >= 4 is 31.9 Å². The van der Waals surface area contributed by atoms with Gasteiger partial charge >= 0.3 is 0 Å². The van der Waals surface area contributed by atoms with Gasteiger partial charge in [0.25, 0.3) is 5.91 Å². The largest absolute Gasteiger partial charge is 0.484 e. The third-order valence-electron chi connectivity index (χ3n) is 4.87. The van der Waals surface area contributed by atoms with Gasteiger partial charge in [0.1, 0.15) is 5.75 Å². The molecule has 1 atom stereocenters. The molecule has 168 valence electrons. The Morgan fingerprint density at radius 2 is 1.72 bits per heavy atom. The number of hydrogen-bond acceptors (Lipinski definition) is 4. The SMILES string of the molecule is Cc1cc(S(=O)(=O)NCc2ccccc2)ccc1OCC(=O)NC(C)c1ccc(Br)cc1. The summed E-state index contributed by atoms with van der Waals surface area (Å²) in [4.78, 5) is 12.4. The van der Waals surface area contributed by atoms with E-state index in [9.17, 15) is 13.2 Å². The Bertz CT molecular complexity index is 1170. The van der Waals surface area contributed by atoms with Gasteiger partial charge in [-0.3, -0.25) is 4.79 Å². The molecule has 0 bridgehead atoms. The van der Waals surface area contributed by atoms with Crippen LogP contribution in [0, 0.1) is 6.92 Å². The van der Waals surface area contributed by atoms with Gasteiger partial charge in [-0.05, 0) is 60.9 Å². The highest BCUT2D eigenvalue weighted by Gasteiger charge is 2.16. The lowest BCUT2D eigenvalue weighted by Gasteiger charge is -2.16. The molecule has 8 heteroatoms. The molecule has 0 fully saturated rings. The van der Waals surface area contributed by atoms with Gasteiger partial charge in [-0.2, -0.15) is 0 Å². The highest BCUT2D eigenvalue weighted by Crippen LogP contribution is 2.22. The fourth-order valence-corrected chi connectivity index (χ4v) is 4.44. The number of rotatable bonds is 9. The van der Waals surface area contributed by atoms with E-state index in [1.54, 1.807) is 13.0 Å². The predicted octanol–water partition coefficient (Wildman–Crippen LogP) is 4.49. The Hall–Kier alpha value is -2.68. The van der Waals surface area contributed by atoms with Gasteiger partial charge in [-0.25, -0.2) is 13.1 Å². The van der Waals surface area contributed by atoms with Crippen molar-refractivity contribution in [2.24, 2.45) is 0 Å². The molecule has 0 aliphatic rings. The van der Waals surface area contributed by atoms with Crippen LogP contribution in [-0.2, 0) is 21.4 Å². The maximum absolute atomic E-state index is 12.6. The lowest BCUT2D eigenvalue weighted by atomic mass is 10.1. The number of halogens is 1. The summed E-state index contributed by atoms with van der Waals surface area (Å²) < 4.78 is 34.4. The summed E-state index contributed by atoms with van der Waals surface area (Å²) in [5.74, 6) is 0.194. The number of carbonyl (C=O) groups is 1. The number of benzene rings is 3. The summed E-state index contributed by atoms with van der Waals surface area (Å²) >= 11 is 3.39. The first-order valence-corrected chi connectivity index (χ1v) is 12.3. The first-order chi connectivity index (χ1) is 15.2. The van der Waals surface area contributed by atoms with Crippen molar-refractivity contribution in [2.75, 3.05) is 6.61 Å². The van der Waals surface area contributed by atoms with Crippen LogP contribution in [-0.4, -0.2) is 20.9 Å². The second-order valence-corrected chi connectivity index (χ2v) is 10.0. The highest BCUT2D eigenvalue weighted by molar-refractivity contribution is 9.10. The molecule has 0 saturated carbocycles. The summed E-state index contributed by atoms with van der Waals surface area (Å²) in [7, 11) is -3.67. The van der Waals surface area contributed by atoms with Gasteiger partial charge < -0.3 is 10.1 Å². The second kappa shape index (κ2) is 10.8. The van der Waals surface area contributed by atoms with Crippen molar-refractivity contribution in [3.8, 4) is 5.75 Å². The van der Waals surface area contributed by atoms with Crippen molar-refractivity contribution in [1.82, 2.24) is 10.0 Å². The Balaban J connectivity index is 1.56. The summed E-state index contributed by atoms with van der Waals surface area (Å²) in [5.41, 5.74) is 2.48. The zero-order chi connectivity index (χ0) is 23.1. The number of sulfonamides is 1. The molecule has 0 saturated heterocycles. The first kappa shape index (κ1) is 24.0. The van der Waals surface area contributed by atoms with Crippen LogP contribution in [0.1, 0.15) is 29.7 Å². The van der Waals surface area contributed by atoms with Crippen LogP contribution in [0.3, 0.4) is 0 Å². The molecule has 6 nitrogen and oxygen atoms in total. The van der Waals surface area contributed by atoms with Crippen molar-refractivity contribution in [3.63, 3.8) is 0 Å². The number of ether oxygens (including phenoxy) is 1. The average molecular weight is 517 g/mol. The molecule has 1 unspecified atom stereocenters. The van der Waals surface area contributed by atoms with E-state index < -0.39 is 10.0 Å². The van der Waals surface area contributed by atoms with Crippen molar-refractivity contribution in [1.29, 1.82) is 0 Å². The number of carbonyl (C=O) groups excluding carboxylic acids is 1. The summed E-state index contributed by atoms with van der Waals surface area (Å²) in [6, 6.07) is 21.4. The van der Waals surface area contributed by atoms with Gasteiger partial charge in [0, 0.05) is 11.0 Å². The lowest BCUT2D eigenvalue weighted by molar-refractivity contribution is -0.123. The van der Waals surface area contributed by atoms with Crippen LogP contribution in [0.2, 0.25) is 0 Å². The third kappa shape index (κ3) is 6.66. The molecular weight excluding hydrogens is 492 g/mol. The molecule has 0 radical (unpaired) electrons. The lowest BCUT2D eigenvalue weighted by Crippen LogP contribution is -2.31. The van der Waals surface area contributed by atoms with E-state index >= 15 is 0 Å². The molecule has 3 aromatic carbocycles. The van der Waals surface area contributed by atoms with E-state index in [2.05, 4.69) is 26.0 Å². The Morgan fingerprint density at radius 3 is 2.38 bits per heavy atom. The Kier molecular flexibility index (Phi) is 8.06. The van der Waals surface area contributed by atoms with Crippen molar-refractivity contribution in [2.45, 2.75) is 31.3 Å². The average Bonchev–Trinajstić information content (AvgIpc) is 2.78. The van der Waals surface area contributed by atoms with Gasteiger partial charge in [0.15, 0.2) is 6.61 Å². The third-order valence-corrected chi connectivity index (χ3v) is 6.80. The quantitative estimate of drug-likeness (QED) is 0.438. The summed E-state index contributed by atoms with van der Waals surface area (Å²) in [5, 5.41) is 2.89. The minimum Gasteiger partial charge on any atom is -0.484 e. The molecule has 0 aliphatic carbocycles. The maximum atomic E-state index is 12.6. The van der Waals surface area contributed by atoms with E-state index in [0.29, 0.717) is 11.3 Å². The Morgan fingerprint density at radius 1 is 1.03 bits per heavy atom. The number of nitrogens with one attached hydrogen (secondary N) is 2. The molecule has 3 aromatic rings. The molecule has 0 aliphatic heterocycles. The van der Waals surface area contributed by atoms with Crippen LogP contribution < -0.4 is 14.8 Å². The second-order valence-electron chi connectivity index (χ2n) is 7.37. The zero-order valence-corrected chi connectivity index (χ0v) is 20.2. The van der Waals surface area contributed by atoms with Crippen LogP contribution in [0.25, 0.3) is 0 Å². The predicted molar refractivity (Wildman–Crippen MR) is 128 cm³/mol.